The van der Waals surface area contributed by atoms with Gasteiger partial charge in [0.1, 0.15) is 6.61 Å². The Bertz CT molecular complexity index is 492. The quantitative estimate of drug-likeness (QED) is 0.0924. The SMILES string of the molecule is O=C(O)CCOCCOCCOCCOCCOCCOCCOCCOCCOCCOCCOCC(=O)O. The summed E-state index contributed by atoms with van der Waals surface area (Å²) in [7, 11) is 0. The molecule has 0 spiro atoms. The molecule has 0 radical (unpaired) electrons. The lowest BCUT2D eigenvalue weighted by atomic mass is 10.5. The molecule has 0 aromatic heterocycles. The fourth-order valence-corrected chi connectivity index (χ4v) is 2.52. The average molecular weight is 589 g/mol. The van der Waals surface area contributed by atoms with Crippen LogP contribution in [0.15, 0.2) is 0 Å². The molecule has 0 heterocycles. The van der Waals surface area contributed by atoms with E-state index in [1.54, 1.807) is 0 Å². The monoisotopic (exact) mass is 588 g/mol. The molecule has 0 saturated carbocycles. The van der Waals surface area contributed by atoms with Gasteiger partial charge in [-0.3, -0.25) is 4.79 Å². The number of aliphatic carboxylic acids is 2. The van der Waals surface area contributed by atoms with Crippen LogP contribution in [0, 0.1) is 0 Å². The first kappa shape index (κ1) is 38.5. The normalized spacial score (nSPS) is 11.3. The zero-order valence-electron chi connectivity index (χ0n) is 23.5. The molecule has 0 fully saturated rings. The molecule has 0 saturated heterocycles. The van der Waals surface area contributed by atoms with Crippen molar-refractivity contribution in [1.29, 1.82) is 0 Å². The molecule has 0 atom stereocenters. The van der Waals surface area contributed by atoms with Crippen LogP contribution < -0.4 is 0 Å². The summed E-state index contributed by atoms with van der Waals surface area (Å²) in [5.74, 6) is -1.88. The number of carbonyl (C=O) groups is 2. The molecule has 0 aliphatic rings. The summed E-state index contributed by atoms with van der Waals surface area (Å²) in [6, 6.07) is 0. The second-order valence-corrected chi connectivity index (χ2v) is 7.71. The highest BCUT2D eigenvalue weighted by Gasteiger charge is 1.98. The molecule has 0 aromatic rings. The number of carboxylic acids is 2. The molecule has 2 N–H and O–H groups in total. The largest absolute Gasteiger partial charge is 0.481 e. The molecule has 0 rings (SSSR count). The summed E-state index contributed by atoms with van der Waals surface area (Å²) in [5, 5.41) is 16.9. The van der Waals surface area contributed by atoms with E-state index in [0.29, 0.717) is 126 Å². The smallest absolute Gasteiger partial charge is 0.329 e. The fourth-order valence-electron chi connectivity index (χ4n) is 2.52. The Balaban J connectivity index is 3.04. The van der Waals surface area contributed by atoms with E-state index in [0.717, 1.165) is 0 Å². The highest BCUT2D eigenvalue weighted by atomic mass is 16.6. The Labute approximate surface area is 236 Å². The molecule has 0 amide bonds. The predicted molar refractivity (Wildman–Crippen MR) is 139 cm³/mol. The van der Waals surface area contributed by atoms with E-state index in [2.05, 4.69) is 0 Å². The highest BCUT2D eigenvalue weighted by molar-refractivity contribution is 5.68. The maximum atomic E-state index is 10.3. The zero-order chi connectivity index (χ0) is 29.2. The molecule has 40 heavy (non-hydrogen) atoms. The van der Waals surface area contributed by atoms with Gasteiger partial charge in [-0.15, -0.1) is 0 Å². The van der Waals surface area contributed by atoms with Gasteiger partial charge in [0.25, 0.3) is 0 Å². The van der Waals surface area contributed by atoms with E-state index in [-0.39, 0.29) is 26.2 Å². The highest BCUT2D eigenvalue weighted by Crippen LogP contribution is 1.87. The van der Waals surface area contributed by atoms with Gasteiger partial charge in [-0.05, 0) is 0 Å². The minimum absolute atomic E-state index is 0.00686. The average Bonchev–Trinajstić information content (AvgIpc) is 2.93. The molecule has 0 aromatic carbocycles. The fraction of sp³-hybridized carbons (Fsp3) is 0.920. The summed E-state index contributed by atoms with van der Waals surface area (Å²) in [6.45, 7) is 8.55. The molecule has 15 nitrogen and oxygen atoms in total. The third-order valence-electron chi connectivity index (χ3n) is 4.41. The van der Waals surface area contributed by atoms with Crippen LogP contribution in [0.25, 0.3) is 0 Å². The van der Waals surface area contributed by atoms with Gasteiger partial charge in [0.2, 0.25) is 0 Å². The van der Waals surface area contributed by atoms with Crippen LogP contribution in [0.2, 0.25) is 0 Å². The lowest BCUT2D eigenvalue weighted by molar-refractivity contribution is -0.143. The first-order valence-corrected chi connectivity index (χ1v) is 13.4. The number of carboxylic acid groups (broad SMARTS) is 2. The molecular formula is C25H48O15. The number of rotatable bonds is 35. The van der Waals surface area contributed by atoms with Crippen LogP contribution in [0.1, 0.15) is 6.42 Å². The summed E-state index contributed by atoms with van der Waals surface area (Å²) in [5.41, 5.74) is 0. The van der Waals surface area contributed by atoms with E-state index < -0.39 is 11.9 Å². The zero-order valence-corrected chi connectivity index (χ0v) is 23.5. The van der Waals surface area contributed by atoms with Crippen molar-refractivity contribution in [2.24, 2.45) is 0 Å². The van der Waals surface area contributed by atoms with Crippen molar-refractivity contribution in [2.75, 3.05) is 145 Å². The summed E-state index contributed by atoms with van der Waals surface area (Å²) in [6.07, 6.45) is -0.00686. The molecule has 15 heteroatoms. The van der Waals surface area contributed by atoms with Gasteiger partial charge in [-0.25, -0.2) is 4.79 Å². The Morgan fingerprint density at radius 2 is 0.500 bits per heavy atom. The molecule has 0 aliphatic carbocycles. The van der Waals surface area contributed by atoms with Crippen LogP contribution in [-0.4, -0.2) is 168 Å². The van der Waals surface area contributed by atoms with Crippen molar-refractivity contribution >= 4 is 11.9 Å². The van der Waals surface area contributed by atoms with Crippen molar-refractivity contribution in [3.8, 4) is 0 Å². The lowest BCUT2D eigenvalue weighted by Crippen LogP contribution is -2.15. The van der Waals surface area contributed by atoms with Crippen LogP contribution in [0.5, 0.6) is 0 Å². The molecule has 0 bridgehead atoms. The van der Waals surface area contributed by atoms with Gasteiger partial charge in [0, 0.05) is 0 Å². The summed E-state index contributed by atoms with van der Waals surface area (Å²) < 4.78 is 58.2. The third kappa shape index (κ3) is 36.5. The lowest BCUT2D eigenvalue weighted by Gasteiger charge is -2.09. The van der Waals surface area contributed by atoms with Crippen molar-refractivity contribution in [3.63, 3.8) is 0 Å². The second kappa shape index (κ2) is 33.7. The number of hydrogen-bond donors (Lipinski definition) is 2. The van der Waals surface area contributed by atoms with Gasteiger partial charge < -0.3 is 62.3 Å². The standard InChI is InChI=1S/C25H48O15/c26-24(27)1-2-30-3-4-31-5-6-32-7-8-33-9-10-34-11-12-35-13-14-36-15-16-37-17-18-38-19-20-39-21-22-40-23-25(28)29/h1-23H2,(H,26,27)(H,28,29). The molecule has 238 valence electrons. The van der Waals surface area contributed by atoms with Crippen LogP contribution >= 0.6 is 0 Å². The minimum atomic E-state index is -1.00. The first-order valence-electron chi connectivity index (χ1n) is 13.4. The maximum Gasteiger partial charge on any atom is 0.329 e. The number of ether oxygens (including phenoxy) is 11. The van der Waals surface area contributed by atoms with Gasteiger partial charge >= 0.3 is 11.9 Å². The Kier molecular flexibility index (Phi) is 32.4. The first-order chi connectivity index (χ1) is 19.6. The van der Waals surface area contributed by atoms with Crippen molar-refractivity contribution < 1.29 is 71.9 Å². The molecule has 0 aliphatic heterocycles. The van der Waals surface area contributed by atoms with E-state index >= 15 is 0 Å². The van der Waals surface area contributed by atoms with Gasteiger partial charge in [0.05, 0.1) is 145 Å². The van der Waals surface area contributed by atoms with Crippen LogP contribution in [-0.2, 0) is 61.7 Å². The minimum Gasteiger partial charge on any atom is -0.481 e. The topological polar surface area (TPSA) is 176 Å². The van der Waals surface area contributed by atoms with E-state index in [9.17, 15) is 9.59 Å². The van der Waals surface area contributed by atoms with Crippen molar-refractivity contribution in [2.45, 2.75) is 6.42 Å². The Morgan fingerprint density at radius 3 is 0.700 bits per heavy atom. The van der Waals surface area contributed by atoms with E-state index in [1.165, 1.54) is 0 Å². The Hall–Kier alpha value is -1.50. The molecular weight excluding hydrogens is 540 g/mol. The molecule has 0 unspecified atom stereocenters. The van der Waals surface area contributed by atoms with Gasteiger partial charge in [-0.2, -0.15) is 0 Å². The second-order valence-electron chi connectivity index (χ2n) is 7.71. The van der Waals surface area contributed by atoms with E-state index in [4.69, 9.17) is 62.3 Å². The maximum absolute atomic E-state index is 10.3. The van der Waals surface area contributed by atoms with Crippen LogP contribution in [0.3, 0.4) is 0 Å². The van der Waals surface area contributed by atoms with Crippen LogP contribution in [0.4, 0.5) is 0 Å². The Morgan fingerprint density at radius 1 is 0.300 bits per heavy atom. The van der Waals surface area contributed by atoms with E-state index in [1.807, 2.05) is 0 Å². The third-order valence-corrected chi connectivity index (χ3v) is 4.41. The van der Waals surface area contributed by atoms with Crippen molar-refractivity contribution in [3.05, 3.63) is 0 Å². The van der Waals surface area contributed by atoms with Crippen molar-refractivity contribution in [1.82, 2.24) is 0 Å². The summed E-state index contributed by atoms with van der Waals surface area (Å²) >= 11 is 0. The number of hydrogen-bond acceptors (Lipinski definition) is 13. The van der Waals surface area contributed by atoms with Gasteiger partial charge in [-0.1, -0.05) is 0 Å². The summed E-state index contributed by atoms with van der Waals surface area (Å²) in [4.78, 5) is 20.6. The van der Waals surface area contributed by atoms with Gasteiger partial charge in [0.15, 0.2) is 0 Å². The predicted octanol–water partition coefficient (Wildman–Crippen LogP) is -0.272.